The molecule has 2 atom stereocenters. The van der Waals surface area contributed by atoms with Gasteiger partial charge in [-0.15, -0.1) is 0 Å². The number of hydrogen-bond donors (Lipinski definition) is 1. The molecule has 0 spiro atoms. The molecule has 2 unspecified atom stereocenters. The Morgan fingerprint density at radius 2 is 1.03 bits per heavy atom. The molecule has 20 heteroatoms. The number of nitrogens with two attached hydrogens (primary N) is 1. The zero-order valence-electron chi connectivity index (χ0n) is 39.4. The van der Waals surface area contributed by atoms with E-state index in [2.05, 4.69) is 114 Å². The van der Waals surface area contributed by atoms with Gasteiger partial charge in [0.25, 0.3) is 0 Å². The van der Waals surface area contributed by atoms with Crippen LogP contribution in [0.5, 0.6) is 0 Å². The van der Waals surface area contributed by atoms with Gasteiger partial charge in [0.05, 0.1) is 72.7 Å². The largest absolute Gasteiger partial charge is 0.379 e. The first-order valence-corrected chi connectivity index (χ1v) is 25.2. The third-order valence-electron chi connectivity index (χ3n) is 10.9. The summed E-state index contributed by atoms with van der Waals surface area (Å²) < 4.78 is 32.9. The van der Waals surface area contributed by atoms with Gasteiger partial charge in [-0.2, -0.15) is 0 Å². The Morgan fingerprint density at radius 1 is 0.600 bits per heavy atom. The maximum atomic E-state index is 8.17. The van der Waals surface area contributed by atoms with E-state index in [1.54, 1.807) is 0 Å². The van der Waals surface area contributed by atoms with Crippen molar-refractivity contribution in [3.05, 3.63) is 157 Å². The number of nitrogens with zero attached hydrogens (tertiary/aromatic N) is 8. The molecule has 0 saturated heterocycles. The van der Waals surface area contributed by atoms with Gasteiger partial charge in [0.15, 0.2) is 0 Å². The van der Waals surface area contributed by atoms with Gasteiger partial charge in [-0.3, -0.25) is 0 Å². The van der Waals surface area contributed by atoms with E-state index in [-0.39, 0.29) is 13.3 Å². The van der Waals surface area contributed by atoms with E-state index in [1.165, 1.54) is 38.9 Å². The van der Waals surface area contributed by atoms with Gasteiger partial charge in [-0.25, -0.2) is 0 Å². The Labute approximate surface area is 442 Å². The molecule has 70 heavy (non-hydrogen) atoms. The quantitative estimate of drug-likeness (QED) is 0.0276. The summed E-state index contributed by atoms with van der Waals surface area (Å²) in [6.07, 6.45) is 1.91. The first-order chi connectivity index (χ1) is 33.5. The van der Waals surface area contributed by atoms with Crippen molar-refractivity contribution < 1.29 is 28.4 Å². The number of rotatable bonds is 26. The van der Waals surface area contributed by atoms with Crippen LogP contribution in [0.2, 0.25) is 20.1 Å². The van der Waals surface area contributed by atoms with Crippen molar-refractivity contribution in [2.75, 3.05) is 126 Å². The maximum Gasteiger partial charge on any atom is 0.0701 e. The Morgan fingerprint density at radius 3 is 1.49 bits per heavy atom. The normalized spacial score (nSPS) is 15.1. The van der Waals surface area contributed by atoms with Crippen LogP contribution in [0.1, 0.15) is 64.6 Å². The van der Waals surface area contributed by atoms with E-state index in [4.69, 9.17) is 91.6 Å². The lowest BCUT2D eigenvalue weighted by Gasteiger charge is -2.33. The van der Waals surface area contributed by atoms with Crippen LogP contribution in [0.3, 0.4) is 0 Å². The van der Waals surface area contributed by atoms with Crippen molar-refractivity contribution in [1.82, 2.24) is 9.80 Å². The standard InChI is InChI=1S/C25H32Cl2N4O3.C16H14BrCl2N.C8H18N4O3.CH4/c1-31-17-23(22-15-21(26)16-25(27)24(22)18-31)20-6-2-4-19(14-20)5-3-8-32-10-12-34-13-11-33-9-7-29-30-28;1-20-8-14(10-3-2-4-11(17)5-10)13-6-12(18)7-16(19)15(13)9-20;9-1-3-13-5-7-15-8-6-14-4-2-11-12-10;/h2,4,6,14-16,23H,3,5,7-13,17-18H2,1H3;2-7,14H,8-9H2,1H3;1-9H2;1H4. The molecule has 2 aliphatic heterocycles. The predicted octanol–water partition coefficient (Wildman–Crippen LogP) is 12.1. The number of likely N-dealkylation sites (N-methyl/N-ethyl adjacent to an activating group) is 2. The summed E-state index contributed by atoms with van der Waals surface area (Å²) in [5.74, 6) is 0.554. The number of hydrogen-bond acceptors (Lipinski definition) is 11. The Hall–Kier alpha value is -3.22. The summed E-state index contributed by atoms with van der Waals surface area (Å²) in [6, 6.07) is 25.0. The van der Waals surface area contributed by atoms with Crippen LogP contribution in [-0.2, 0) is 47.9 Å². The number of benzene rings is 4. The summed E-state index contributed by atoms with van der Waals surface area (Å²) in [4.78, 5) is 9.87. The summed E-state index contributed by atoms with van der Waals surface area (Å²) >= 11 is 29.0. The van der Waals surface area contributed by atoms with Crippen LogP contribution in [-0.4, -0.2) is 136 Å². The third kappa shape index (κ3) is 22.7. The highest BCUT2D eigenvalue weighted by Gasteiger charge is 2.28. The molecule has 0 saturated carbocycles. The van der Waals surface area contributed by atoms with E-state index >= 15 is 0 Å². The first-order valence-electron chi connectivity index (χ1n) is 22.9. The first kappa shape index (κ1) is 61.1. The summed E-state index contributed by atoms with van der Waals surface area (Å²) in [5.41, 5.74) is 30.1. The second kappa shape index (κ2) is 35.8. The molecule has 2 heterocycles. The highest BCUT2D eigenvalue weighted by atomic mass is 79.9. The minimum absolute atomic E-state index is 0. The fraction of sp³-hybridized carbons (Fsp3) is 0.520. The fourth-order valence-electron chi connectivity index (χ4n) is 7.80. The number of ether oxygens (including phenoxy) is 6. The molecule has 0 radical (unpaired) electrons. The van der Waals surface area contributed by atoms with Gasteiger partial charge in [-0.05, 0) is 113 Å². The number of fused-ring (bicyclic) bond motifs is 2. The van der Waals surface area contributed by atoms with Gasteiger partial charge in [0.1, 0.15) is 0 Å². The third-order valence-corrected chi connectivity index (χ3v) is 12.5. The van der Waals surface area contributed by atoms with Crippen molar-refractivity contribution in [3.8, 4) is 0 Å². The molecular formula is C50H68BrCl4N9O6. The Balaban J connectivity index is 0.000000305. The average molecular weight is 1110 g/mol. The van der Waals surface area contributed by atoms with Crippen molar-refractivity contribution >= 4 is 62.3 Å². The SMILES string of the molecule is C.CN1Cc2c(Cl)cc(Cl)cc2C(c2cccc(Br)c2)C1.CN1Cc2c(Cl)cc(Cl)cc2C(c2cccc(CCCOCCOCCOCCN=[N+]=[N-])c2)C1.[N-]=[N+]=NCCOCCOCCOCCN. The van der Waals surface area contributed by atoms with Crippen LogP contribution in [0.15, 0.2) is 87.5 Å². The summed E-state index contributed by atoms with van der Waals surface area (Å²) in [6.45, 7) is 11.1. The average Bonchev–Trinajstić information content (AvgIpc) is 3.33. The Bertz CT molecular complexity index is 2240. The van der Waals surface area contributed by atoms with Gasteiger partial charge in [-0.1, -0.05) is 116 Å². The lowest BCUT2D eigenvalue weighted by atomic mass is 9.84. The van der Waals surface area contributed by atoms with E-state index < -0.39 is 0 Å². The highest BCUT2D eigenvalue weighted by molar-refractivity contribution is 9.10. The molecule has 4 aromatic rings. The van der Waals surface area contributed by atoms with E-state index in [9.17, 15) is 0 Å². The van der Waals surface area contributed by atoms with E-state index in [0.29, 0.717) is 115 Å². The minimum atomic E-state index is 0. The molecular weight excluding hydrogens is 1040 g/mol. The molecule has 2 N–H and O–H groups in total. The molecule has 6 rings (SSSR count). The molecule has 4 aromatic carbocycles. The fourth-order valence-corrected chi connectivity index (χ4v) is 9.35. The van der Waals surface area contributed by atoms with Crippen molar-refractivity contribution in [1.29, 1.82) is 0 Å². The molecule has 384 valence electrons. The van der Waals surface area contributed by atoms with Crippen LogP contribution in [0.4, 0.5) is 0 Å². The minimum Gasteiger partial charge on any atom is -0.379 e. The molecule has 0 bridgehead atoms. The van der Waals surface area contributed by atoms with Crippen molar-refractivity contribution in [2.45, 2.75) is 45.2 Å². The van der Waals surface area contributed by atoms with Gasteiger partial charge in [0.2, 0.25) is 0 Å². The van der Waals surface area contributed by atoms with Crippen LogP contribution >= 0.6 is 62.3 Å². The summed E-state index contributed by atoms with van der Waals surface area (Å²) in [7, 11) is 4.25. The number of aryl methyl sites for hydroxylation is 1. The van der Waals surface area contributed by atoms with E-state index in [0.717, 1.165) is 53.5 Å². The highest BCUT2D eigenvalue weighted by Crippen LogP contribution is 2.40. The van der Waals surface area contributed by atoms with E-state index in [1.807, 2.05) is 18.2 Å². The van der Waals surface area contributed by atoms with Crippen LogP contribution < -0.4 is 5.73 Å². The monoisotopic (exact) mass is 1110 g/mol. The predicted molar refractivity (Wildman–Crippen MR) is 287 cm³/mol. The lowest BCUT2D eigenvalue weighted by Crippen LogP contribution is -2.31. The molecule has 0 aliphatic carbocycles. The lowest BCUT2D eigenvalue weighted by molar-refractivity contribution is 0.0156. The zero-order valence-corrected chi connectivity index (χ0v) is 44.0. The summed E-state index contributed by atoms with van der Waals surface area (Å²) in [5, 5.41) is 9.62. The molecule has 0 fully saturated rings. The number of azide groups is 2. The zero-order chi connectivity index (χ0) is 49.6. The number of halogens is 5. The van der Waals surface area contributed by atoms with Gasteiger partial charge in [0, 0.05) is 98.6 Å². The van der Waals surface area contributed by atoms with Gasteiger partial charge >= 0.3 is 0 Å². The van der Waals surface area contributed by atoms with Gasteiger partial charge < -0.3 is 44.0 Å². The second-order valence-corrected chi connectivity index (χ2v) is 18.8. The maximum absolute atomic E-state index is 8.17. The van der Waals surface area contributed by atoms with Crippen LogP contribution in [0.25, 0.3) is 20.9 Å². The smallest absolute Gasteiger partial charge is 0.0701 e. The molecule has 15 nitrogen and oxygen atoms in total. The molecule has 2 aliphatic rings. The molecule has 0 amide bonds. The topological polar surface area (TPSA) is 185 Å². The van der Waals surface area contributed by atoms with Crippen molar-refractivity contribution in [2.24, 2.45) is 16.0 Å². The molecule has 0 aromatic heterocycles. The second-order valence-electron chi connectivity index (χ2n) is 16.2. The van der Waals surface area contributed by atoms with Crippen LogP contribution in [0, 0.1) is 0 Å². The van der Waals surface area contributed by atoms with Crippen molar-refractivity contribution in [3.63, 3.8) is 0 Å². The Kier molecular flexibility index (Phi) is 31.3.